The SMILES string of the molecule is CN(C)CC(Cc1ccccc1)Oc1ccccc1. The highest BCUT2D eigenvalue weighted by atomic mass is 16.5. The molecule has 1 unspecified atom stereocenters. The van der Waals surface area contributed by atoms with Crippen LogP contribution in [0, 0.1) is 0 Å². The van der Waals surface area contributed by atoms with E-state index in [1.54, 1.807) is 0 Å². The second-order valence-electron chi connectivity index (χ2n) is 5.00. The Balaban J connectivity index is 2.03. The van der Waals surface area contributed by atoms with Gasteiger partial charge >= 0.3 is 0 Å². The number of hydrogen-bond donors (Lipinski definition) is 0. The fourth-order valence-electron chi connectivity index (χ4n) is 2.12. The Labute approximate surface area is 115 Å². The molecule has 2 nitrogen and oxygen atoms in total. The summed E-state index contributed by atoms with van der Waals surface area (Å²) in [6.45, 7) is 0.907. The summed E-state index contributed by atoms with van der Waals surface area (Å²) in [7, 11) is 4.15. The van der Waals surface area contributed by atoms with Crippen molar-refractivity contribution in [3.05, 3.63) is 66.2 Å². The van der Waals surface area contributed by atoms with Crippen LogP contribution in [0.3, 0.4) is 0 Å². The maximum absolute atomic E-state index is 6.09. The standard InChI is InChI=1S/C17H21NO/c1-18(2)14-17(13-15-9-5-3-6-10-15)19-16-11-7-4-8-12-16/h3-12,17H,13-14H2,1-2H3. The molecule has 0 bridgehead atoms. The Morgan fingerprint density at radius 1 is 0.895 bits per heavy atom. The molecule has 0 aliphatic heterocycles. The van der Waals surface area contributed by atoms with E-state index in [-0.39, 0.29) is 6.10 Å². The lowest BCUT2D eigenvalue weighted by molar-refractivity contribution is 0.160. The molecule has 0 spiro atoms. The molecule has 0 amide bonds. The van der Waals surface area contributed by atoms with Crippen LogP contribution in [0.1, 0.15) is 5.56 Å². The molecule has 0 N–H and O–H groups in total. The van der Waals surface area contributed by atoms with E-state index in [4.69, 9.17) is 4.74 Å². The first-order chi connectivity index (χ1) is 9.24. The third-order valence-electron chi connectivity index (χ3n) is 2.92. The minimum Gasteiger partial charge on any atom is -0.489 e. The third kappa shape index (κ3) is 4.76. The van der Waals surface area contributed by atoms with Gasteiger partial charge in [0, 0.05) is 13.0 Å². The maximum Gasteiger partial charge on any atom is 0.119 e. The second kappa shape index (κ2) is 6.95. The summed E-state index contributed by atoms with van der Waals surface area (Å²) in [5.74, 6) is 0.935. The molecule has 19 heavy (non-hydrogen) atoms. The fourth-order valence-corrected chi connectivity index (χ4v) is 2.12. The van der Waals surface area contributed by atoms with E-state index in [1.807, 2.05) is 36.4 Å². The molecule has 0 saturated carbocycles. The normalized spacial score (nSPS) is 12.4. The predicted octanol–water partition coefficient (Wildman–Crippen LogP) is 3.24. The van der Waals surface area contributed by atoms with Crippen LogP contribution in [0.15, 0.2) is 60.7 Å². The third-order valence-corrected chi connectivity index (χ3v) is 2.92. The monoisotopic (exact) mass is 255 g/mol. The highest BCUT2D eigenvalue weighted by Crippen LogP contribution is 2.14. The van der Waals surface area contributed by atoms with Gasteiger partial charge in [-0.2, -0.15) is 0 Å². The Morgan fingerprint density at radius 2 is 1.47 bits per heavy atom. The molecule has 2 aromatic rings. The lowest BCUT2D eigenvalue weighted by Gasteiger charge is -2.22. The quantitative estimate of drug-likeness (QED) is 0.785. The van der Waals surface area contributed by atoms with Crippen LogP contribution in [0.25, 0.3) is 0 Å². The maximum atomic E-state index is 6.09. The van der Waals surface area contributed by atoms with Crippen molar-refractivity contribution in [2.24, 2.45) is 0 Å². The minimum absolute atomic E-state index is 0.166. The summed E-state index contributed by atoms with van der Waals surface area (Å²) >= 11 is 0. The van der Waals surface area contributed by atoms with Crippen LogP contribution in [0.4, 0.5) is 0 Å². The Morgan fingerprint density at radius 3 is 2.05 bits per heavy atom. The predicted molar refractivity (Wildman–Crippen MR) is 79.6 cm³/mol. The van der Waals surface area contributed by atoms with E-state index < -0.39 is 0 Å². The van der Waals surface area contributed by atoms with Crippen molar-refractivity contribution in [1.82, 2.24) is 4.90 Å². The average molecular weight is 255 g/mol. The highest BCUT2D eigenvalue weighted by Gasteiger charge is 2.12. The van der Waals surface area contributed by atoms with Gasteiger partial charge in [-0.1, -0.05) is 48.5 Å². The Kier molecular flexibility index (Phi) is 4.99. The van der Waals surface area contributed by atoms with E-state index in [0.29, 0.717) is 0 Å². The molecule has 0 aromatic heterocycles. The van der Waals surface area contributed by atoms with Gasteiger partial charge in [0.1, 0.15) is 11.9 Å². The zero-order chi connectivity index (χ0) is 13.5. The second-order valence-corrected chi connectivity index (χ2v) is 5.00. The van der Waals surface area contributed by atoms with Crippen LogP contribution in [0.5, 0.6) is 5.75 Å². The van der Waals surface area contributed by atoms with Crippen molar-refractivity contribution < 1.29 is 4.74 Å². The molecule has 100 valence electrons. The molecule has 2 rings (SSSR count). The fraction of sp³-hybridized carbons (Fsp3) is 0.294. The van der Waals surface area contributed by atoms with Gasteiger partial charge in [0.25, 0.3) is 0 Å². The minimum atomic E-state index is 0.166. The summed E-state index contributed by atoms with van der Waals surface area (Å²) < 4.78 is 6.09. The van der Waals surface area contributed by atoms with Crippen molar-refractivity contribution in [2.75, 3.05) is 20.6 Å². The van der Waals surface area contributed by atoms with Gasteiger partial charge in [-0.3, -0.25) is 0 Å². The van der Waals surface area contributed by atoms with E-state index in [1.165, 1.54) is 5.56 Å². The zero-order valence-corrected chi connectivity index (χ0v) is 11.6. The van der Waals surface area contributed by atoms with Gasteiger partial charge in [0.15, 0.2) is 0 Å². The van der Waals surface area contributed by atoms with Crippen molar-refractivity contribution >= 4 is 0 Å². The first-order valence-electron chi connectivity index (χ1n) is 6.64. The number of nitrogens with zero attached hydrogens (tertiary/aromatic N) is 1. The molecular weight excluding hydrogens is 234 g/mol. The number of rotatable bonds is 6. The molecular formula is C17H21NO. The van der Waals surface area contributed by atoms with E-state index in [9.17, 15) is 0 Å². The summed E-state index contributed by atoms with van der Waals surface area (Å²) in [5.41, 5.74) is 1.31. The van der Waals surface area contributed by atoms with Gasteiger partial charge < -0.3 is 9.64 Å². The van der Waals surface area contributed by atoms with Crippen molar-refractivity contribution in [2.45, 2.75) is 12.5 Å². The lowest BCUT2D eigenvalue weighted by atomic mass is 10.1. The van der Waals surface area contributed by atoms with E-state index in [0.717, 1.165) is 18.7 Å². The molecule has 0 saturated heterocycles. The van der Waals surface area contributed by atoms with Gasteiger partial charge in [0.2, 0.25) is 0 Å². The largest absolute Gasteiger partial charge is 0.489 e. The molecule has 1 atom stereocenters. The molecule has 0 aliphatic rings. The lowest BCUT2D eigenvalue weighted by Crippen LogP contribution is -2.32. The van der Waals surface area contributed by atoms with Gasteiger partial charge in [-0.15, -0.1) is 0 Å². The number of benzene rings is 2. The number of hydrogen-bond acceptors (Lipinski definition) is 2. The van der Waals surface area contributed by atoms with E-state index >= 15 is 0 Å². The summed E-state index contributed by atoms with van der Waals surface area (Å²) in [6.07, 6.45) is 1.09. The van der Waals surface area contributed by atoms with Crippen molar-refractivity contribution in [1.29, 1.82) is 0 Å². The van der Waals surface area contributed by atoms with Gasteiger partial charge in [0.05, 0.1) is 0 Å². The number of likely N-dealkylation sites (N-methyl/N-ethyl adjacent to an activating group) is 1. The van der Waals surface area contributed by atoms with Crippen LogP contribution in [-0.4, -0.2) is 31.6 Å². The first-order valence-corrected chi connectivity index (χ1v) is 6.64. The number of para-hydroxylation sites is 1. The topological polar surface area (TPSA) is 12.5 Å². The van der Waals surface area contributed by atoms with Gasteiger partial charge in [-0.25, -0.2) is 0 Å². The van der Waals surface area contributed by atoms with E-state index in [2.05, 4.69) is 43.3 Å². The van der Waals surface area contributed by atoms with Crippen LogP contribution >= 0.6 is 0 Å². The highest BCUT2D eigenvalue weighted by molar-refractivity contribution is 5.22. The van der Waals surface area contributed by atoms with Crippen LogP contribution in [0.2, 0.25) is 0 Å². The summed E-state index contributed by atoms with van der Waals surface area (Å²) in [6, 6.07) is 20.5. The van der Waals surface area contributed by atoms with Crippen molar-refractivity contribution in [3.8, 4) is 5.75 Å². The number of ether oxygens (including phenoxy) is 1. The molecule has 0 radical (unpaired) electrons. The van der Waals surface area contributed by atoms with Crippen LogP contribution in [-0.2, 0) is 6.42 Å². The molecule has 0 fully saturated rings. The molecule has 0 heterocycles. The first kappa shape index (κ1) is 13.6. The van der Waals surface area contributed by atoms with Crippen molar-refractivity contribution in [3.63, 3.8) is 0 Å². The summed E-state index contributed by atoms with van der Waals surface area (Å²) in [5, 5.41) is 0. The Hall–Kier alpha value is -1.80. The average Bonchev–Trinajstić information content (AvgIpc) is 2.40. The summed E-state index contributed by atoms with van der Waals surface area (Å²) in [4.78, 5) is 2.16. The molecule has 0 aliphatic carbocycles. The Bertz CT molecular complexity index is 426. The van der Waals surface area contributed by atoms with Crippen LogP contribution < -0.4 is 4.74 Å². The zero-order valence-electron chi connectivity index (χ0n) is 11.6. The molecule has 2 heteroatoms. The molecule has 2 aromatic carbocycles. The van der Waals surface area contributed by atoms with Gasteiger partial charge in [-0.05, 0) is 31.8 Å². The smallest absolute Gasteiger partial charge is 0.119 e.